The van der Waals surface area contributed by atoms with Crippen molar-refractivity contribution in [3.05, 3.63) is 47.0 Å². The largest absolute Gasteiger partial charge is 0.508 e. The summed E-state index contributed by atoms with van der Waals surface area (Å²) in [6.07, 6.45) is -10.7. The molecule has 7 unspecified atom stereocenters. The molecule has 0 spiro atoms. The number of aliphatic hydroxyl groups excluding tert-OH is 4. The van der Waals surface area contributed by atoms with Gasteiger partial charge in [-0.25, -0.2) is 0 Å². The molecular weight excluding hydrogens is 440 g/mol. The summed E-state index contributed by atoms with van der Waals surface area (Å²) in [5.74, 6) is -1.71. The van der Waals surface area contributed by atoms with Crippen LogP contribution in [0.4, 0.5) is 0 Å². The van der Waals surface area contributed by atoms with E-state index in [9.17, 15) is 40.5 Å². The quantitative estimate of drug-likeness (QED) is 0.312. The van der Waals surface area contributed by atoms with Gasteiger partial charge in [0.1, 0.15) is 53.0 Å². The number of benzene rings is 2. The topological polar surface area (TPSA) is 186 Å². The second kappa shape index (κ2) is 8.78. The minimum absolute atomic E-state index is 0.0420. The molecule has 4 rings (SSSR count). The minimum atomic E-state index is -1.77. The Balaban J connectivity index is 1.75. The van der Waals surface area contributed by atoms with E-state index >= 15 is 0 Å². The van der Waals surface area contributed by atoms with Crippen molar-refractivity contribution in [3.8, 4) is 23.0 Å². The average molecular weight is 464 g/mol. The molecule has 0 bridgehead atoms. The van der Waals surface area contributed by atoms with Crippen LogP contribution in [0.25, 0.3) is 0 Å². The van der Waals surface area contributed by atoms with Crippen LogP contribution in [0.5, 0.6) is 23.0 Å². The van der Waals surface area contributed by atoms with Crippen molar-refractivity contribution < 1.29 is 54.8 Å². The lowest BCUT2D eigenvalue weighted by molar-refractivity contribution is -0.311. The van der Waals surface area contributed by atoms with Gasteiger partial charge >= 0.3 is 0 Å². The van der Waals surface area contributed by atoms with E-state index in [0.29, 0.717) is 5.56 Å². The van der Waals surface area contributed by atoms with Gasteiger partial charge in [-0.3, -0.25) is 4.79 Å². The first-order valence-electron chi connectivity index (χ1n) is 10.1. The standard InChI is InChI=1S/C22H24O11/c1-8-11(25)6-12-14(15(8)26)17(28)21(20(31-12)9-2-4-10(24)5-3-9)33-22-19(30)18(29)16(27)13(7-23)32-22/h2-6,13,16,18-27,29-30H,7H2,1H3. The number of rotatable bonds is 4. The van der Waals surface area contributed by atoms with Crippen molar-refractivity contribution in [2.75, 3.05) is 6.61 Å². The van der Waals surface area contributed by atoms with E-state index in [4.69, 9.17) is 14.2 Å². The Morgan fingerprint density at radius 1 is 1.00 bits per heavy atom. The normalized spacial score (nSPS) is 31.7. The molecule has 7 N–H and O–H groups in total. The number of phenols is 3. The summed E-state index contributed by atoms with van der Waals surface area (Å²) in [7, 11) is 0. The summed E-state index contributed by atoms with van der Waals surface area (Å²) >= 11 is 0. The first-order chi connectivity index (χ1) is 15.6. The van der Waals surface area contributed by atoms with Gasteiger partial charge in [0.25, 0.3) is 0 Å². The third-order valence-corrected chi connectivity index (χ3v) is 5.87. The molecule has 0 amide bonds. The number of aliphatic hydroxyl groups is 4. The molecule has 11 heteroatoms. The molecule has 2 heterocycles. The molecule has 2 aromatic carbocycles. The fourth-order valence-electron chi connectivity index (χ4n) is 3.90. The van der Waals surface area contributed by atoms with Gasteiger partial charge in [-0.2, -0.15) is 0 Å². The van der Waals surface area contributed by atoms with E-state index in [0.717, 1.165) is 0 Å². The predicted octanol–water partition coefficient (Wildman–Crippen LogP) is -0.387. The highest BCUT2D eigenvalue weighted by Gasteiger charge is 2.49. The molecule has 1 saturated heterocycles. The molecule has 11 nitrogen and oxygen atoms in total. The smallest absolute Gasteiger partial charge is 0.203 e. The number of aromatic hydroxyl groups is 3. The number of carbonyl (C=O) groups excluding carboxylic acids is 1. The van der Waals surface area contributed by atoms with Crippen LogP contribution in [0.3, 0.4) is 0 Å². The van der Waals surface area contributed by atoms with Gasteiger partial charge < -0.3 is 50.0 Å². The number of ether oxygens (including phenoxy) is 3. The van der Waals surface area contributed by atoms with Crippen LogP contribution in [0.1, 0.15) is 27.6 Å². The van der Waals surface area contributed by atoms with Gasteiger partial charge in [0, 0.05) is 11.6 Å². The number of fused-ring (bicyclic) bond motifs is 1. The highest BCUT2D eigenvalue weighted by molar-refractivity contribution is 6.06. The van der Waals surface area contributed by atoms with Crippen LogP contribution < -0.4 is 4.74 Å². The molecule has 2 aliphatic rings. The average Bonchev–Trinajstić information content (AvgIpc) is 2.79. The number of hydrogen-bond donors (Lipinski definition) is 7. The summed E-state index contributed by atoms with van der Waals surface area (Å²) in [4.78, 5) is 13.4. The maximum absolute atomic E-state index is 13.4. The lowest BCUT2D eigenvalue weighted by Gasteiger charge is -2.42. The Morgan fingerprint density at radius 2 is 1.67 bits per heavy atom. The number of Topliss-reactive ketones (excluding diaryl/α,β-unsaturated/α-hetero) is 1. The second-order valence-corrected chi connectivity index (χ2v) is 7.99. The first-order valence-corrected chi connectivity index (χ1v) is 10.1. The van der Waals surface area contributed by atoms with Crippen LogP contribution in [0.15, 0.2) is 30.3 Å². The summed E-state index contributed by atoms with van der Waals surface area (Å²) in [6.45, 7) is 0.709. The highest BCUT2D eigenvalue weighted by Crippen LogP contribution is 2.45. The van der Waals surface area contributed by atoms with Gasteiger partial charge in [0.2, 0.25) is 5.78 Å². The molecule has 0 saturated carbocycles. The van der Waals surface area contributed by atoms with Gasteiger partial charge in [0.05, 0.1) is 6.61 Å². The molecule has 1 fully saturated rings. The number of ketones is 1. The van der Waals surface area contributed by atoms with Crippen LogP contribution in [0.2, 0.25) is 0 Å². The summed E-state index contributed by atoms with van der Waals surface area (Å²) in [5.41, 5.74) is 0.163. The van der Waals surface area contributed by atoms with E-state index in [-0.39, 0.29) is 28.4 Å². The van der Waals surface area contributed by atoms with E-state index < -0.39 is 61.1 Å². The van der Waals surface area contributed by atoms with Crippen LogP contribution >= 0.6 is 0 Å². The van der Waals surface area contributed by atoms with Crippen molar-refractivity contribution in [2.45, 2.75) is 49.8 Å². The number of phenolic OH excluding ortho intramolecular Hbond substituents is 3. The number of carbonyl (C=O) groups is 1. The van der Waals surface area contributed by atoms with Crippen molar-refractivity contribution in [1.29, 1.82) is 0 Å². The Kier molecular flexibility index (Phi) is 6.18. The zero-order valence-corrected chi connectivity index (χ0v) is 17.4. The van der Waals surface area contributed by atoms with Crippen molar-refractivity contribution in [1.82, 2.24) is 0 Å². The minimum Gasteiger partial charge on any atom is -0.508 e. The van der Waals surface area contributed by atoms with Gasteiger partial charge in [0.15, 0.2) is 18.5 Å². The lowest BCUT2D eigenvalue weighted by atomic mass is 9.91. The second-order valence-electron chi connectivity index (χ2n) is 7.99. The first kappa shape index (κ1) is 23.2. The fourth-order valence-corrected chi connectivity index (χ4v) is 3.90. The SMILES string of the molecule is Cc1c(O)cc2c(c1O)C(=O)C(OC1OC(CO)C(O)C(O)C1O)C(c1ccc(O)cc1)O2. The molecule has 2 aliphatic heterocycles. The lowest BCUT2D eigenvalue weighted by Crippen LogP contribution is -2.60. The van der Waals surface area contributed by atoms with Crippen molar-refractivity contribution in [3.63, 3.8) is 0 Å². The molecule has 0 aromatic heterocycles. The summed E-state index contributed by atoms with van der Waals surface area (Å²) < 4.78 is 17.0. The number of hydrogen-bond acceptors (Lipinski definition) is 11. The molecular formula is C22H24O11. The third-order valence-electron chi connectivity index (χ3n) is 5.87. The van der Waals surface area contributed by atoms with Gasteiger partial charge in [-0.1, -0.05) is 12.1 Å². The van der Waals surface area contributed by atoms with E-state index in [2.05, 4.69) is 0 Å². The maximum atomic E-state index is 13.4. The Labute approximate surface area is 187 Å². The van der Waals surface area contributed by atoms with E-state index in [1.165, 1.54) is 37.3 Å². The highest BCUT2D eigenvalue weighted by atomic mass is 16.7. The van der Waals surface area contributed by atoms with Gasteiger partial charge in [-0.05, 0) is 24.6 Å². The Hall–Kier alpha value is -2.93. The molecule has 2 aromatic rings. The molecule has 33 heavy (non-hydrogen) atoms. The zero-order valence-electron chi connectivity index (χ0n) is 17.4. The summed E-state index contributed by atoms with van der Waals surface area (Å²) in [6, 6.07) is 6.83. The van der Waals surface area contributed by atoms with E-state index in [1.54, 1.807) is 0 Å². The van der Waals surface area contributed by atoms with Gasteiger partial charge in [-0.15, -0.1) is 0 Å². The molecule has 7 atom stereocenters. The monoisotopic (exact) mass is 464 g/mol. The Bertz CT molecular complexity index is 1040. The van der Waals surface area contributed by atoms with Crippen molar-refractivity contribution in [2.24, 2.45) is 0 Å². The fraction of sp³-hybridized carbons (Fsp3) is 0.409. The van der Waals surface area contributed by atoms with Crippen LogP contribution in [-0.4, -0.2) is 84.9 Å². The Morgan fingerprint density at radius 3 is 2.30 bits per heavy atom. The molecule has 0 aliphatic carbocycles. The molecule has 0 radical (unpaired) electrons. The van der Waals surface area contributed by atoms with E-state index in [1.807, 2.05) is 0 Å². The van der Waals surface area contributed by atoms with Crippen LogP contribution in [-0.2, 0) is 9.47 Å². The zero-order chi connectivity index (χ0) is 24.0. The maximum Gasteiger partial charge on any atom is 0.203 e. The third kappa shape index (κ3) is 3.99. The predicted molar refractivity (Wildman–Crippen MR) is 109 cm³/mol. The summed E-state index contributed by atoms with van der Waals surface area (Å²) in [5, 5.41) is 70.0. The molecule has 178 valence electrons. The van der Waals surface area contributed by atoms with Crippen molar-refractivity contribution >= 4 is 5.78 Å². The van der Waals surface area contributed by atoms with Crippen LogP contribution in [0, 0.1) is 6.92 Å².